The third kappa shape index (κ3) is 3.87. The number of fused-ring (bicyclic) bond motifs is 1. The lowest BCUT2D eigenvalue weighted by atomic mass is 10.0. The quantitative estimate of drug-likeness (QED) is 0.545. The molecule has 140 valence electrons. The first-order valence-corrected chi connectivity index (χ1v) is 9.17. The summed E-state index contributed by atoms with van der Waals surface area (Å²) >= 11 is 0. The minimum absolute atomic E-state index is 0.0612. The van der Waals surface area contributed by atoms with Gasteiger partial charge < -0.3 is 14.8 Å². The van der Waals surface area contributed by atoms with Crippen molar-refractivity contribution in [2.45, 2.75) is 26.7 Å². The van der Waals surface area contributed by atoms with Crippen molar-refractivity contribution in [3.8, 4) is 11.5 Å². The van der Waals surface area contributed by atoms with E-state index >= 15 is 0 Å². The second-order valence-electron chi connectivity index (χ2n) is 6.13. The van der Waals surface area contributed by atoms with E-state index in [2.05, 4.69) is 10.3 Å². The maximum absolute atomic E-state index is 12.7. The lowest BCUT2D eigenvalue weighted by Crippen LogP contribution is -2.07. The predicted octanol–water partition coefficient (Wildman–Crippen LogP) is 5.37. The third-order valence-corrected chi connectivity index (χ3v) is 4.30. The van der Waals surface area contributed by atoms with E-state index in [-0.39, 0.29) is 5.78 Å². The first kappa shape index (κ1) is 18.7. The molecule has 0 saturated heterocycles. The van der Waals surface area contributed by atoms with E-state index in [1.165, 1.54) is 0 Å². The highest BCUT2D eigenvalue weighted by Crippen LogP contribution is 2.36. The molecule has 0 saturated carbocycles. The van der Waals surface area contributed by atoms with Crippen LogP contribution in [0.5, 0.6) is 11.5 Å². The fourth-order valence-electron chi connectivity index (χ4n) is 3.05. The Morgan fingerprint density at radius 3 is 2.59 bits per heavy atom. The number of rotatable bonds is 8. The number of hydrogen-bond donors (Lipinski definition) is 1. The SMILES string of the molecule is CCCC(=O)c1cnc2c(OC)cccc2c1Nc1ccccc1OCC. The van der Waals surface area contributed by atoms with E-state index in [1.807, 2.05) is 56.3 Å². The molecule has 3 aromatic rings. The van der Waals surface area contributed by atoms with Crippen LogP contribution in [0.4, 0.5) is 11.4 Å². The van der Waals surface area contributed by atoms with Crippen LogP contribution < -0.4 is 14.8 Å². The van der Waals surface area contributed by atoms with E-state index in [0.717, 1.165) is 28.9 Å². The van der Waals surface area contributed by atoms with Gasteiger partial charge in [-0.3, -0.25) is 9.78 Å². The summed E-state index contributed by atoms with van der Waals surface area (Å²) in [5.74, 6) is 1.47. The van der Waals surface area contributed by atoms with Gasteiger partial charge in [0.1, 0.15) is 17.0 Å². The molecule has 0 fully saturated rings. The number of carbonyl (C=O) groups excluding carboxylic acids is 1. The number of nitrogens with zero attached hydrogens (tertiary/aromatic N) is 1. The Kier molecular flexibility index (Phi) is 5.91. The summed E-state index contributed by atoms with van der Waals surface area (Å²) in [6, 6.07) is 13.4. The summed E-state index contributed by atoms with van der Waals surface area (Å²) < 4.78 is 11.2. The van der Waals surface area contributed by atoms with E-state index in [4.69, 9.17) is 9.47 Å². The molecule has 0 aliphatic rings. The minimum Gasteiger partial charge on any atom is -0.494 e. The summed E-state index contributed by atoms with van der Waals surface area (Å²) in [4.78, 5) is 17.2. The minimum atomic E-state index is 0.0612. The van der Waals surface area contributed by atoms with E-state index in [9.17, 15) is 4.79 Å². The van der Waals surface area contributed by atoms with E-state index < -0.39 is 0 Å². The molecular formula is C22H24N2O3. The average molecular weight is 364 g/mol. The third-order valence-electron chi connectivity index (χ3n) is 4.30. The number of pyridine rings is 1. The van der Waals surface area contributed by atoms with Crippen molar-refractivity contribution in [1.82, 2.24) is 4.98 Å². The Morgan fingerprint density at radius 1 is 1.07 bits per heavy atom. The van der Waals surface area contributed by atoms with Gasteiger partial charge >= 0.3 is 0 Å². The molecule has 0 amide bonds. The van der Waals surface area contributed by atoms with Gasteiger partial charge in [-0.15, -0.1) is 0 Å². The zero-order chi connectivity index (χ0) is 19.2. The van der Waals surface area contributed by atoms with Crippen LogP contribution in [0.3, 0.4) is 0 Å². The number of para-hydroxylation sites is 3. The van der Waals surface area contributed by atoms with Crippen LogP contribution in [0.25, 0.3) is 10.9 Å². The molecule has 0 bridgehead atoms. The van der Waals surface area contributed by atoms with Crippen molar-refractivity contribution in [2.75, 3.05) is 19.0 Å². The topological polar surface area (TPSA) is 60.5 Å². The fraction of sp³-hybridized carbons (Fsp3) is 0.273. The molecule has 0 unspecified atom stereocenters. The lowest BCUT2D eigenvalue weighted by molar-refractivity contribution is 0.0982. The van der Waals surface area contributed by atoms with Gasteiger partial charge in [-0.05, 0) is 31.5 Å². The molecule has 0 atom stereocenters. The molecule has 27 heavy (non-hydrogen) atoms. The van der Waals surface area contributed by atoms with Gasteiger partial charge in [-0.2, -0.15) is 0 Å². The first-order valence-electron chi connectivity index (χ1n) is 9.17. The Balaban J connectivity index is 2.19. The van der Waals surface area contributed by atoms with Crippen molar-refractivity contribution in [3.05, 3.63) is 54.2 Å². The van der Waals surface area contributed by atoms with Crippen molar-refractivity contribution in [1.29, 1.82) is 0 Å². The van der Waals surface area contributed by atoms with Crippen molar-refractivity contribution in [3.63, 3.8) is 0 Å². The second-order valence-corrected chi connectivity index (χ2v) is 6.13. The zero-order valence-corrected chi connectivity index (χ0v) is 15.9. The van der Waals surface area contributed by atoms with E-state index in [1.54, 1.807) is 13.3 Å². The predicted molar refractivity (Wildman–Crippen MR) is 108 cm³/mol. The number of aromatic nitrogens is 1. The Hall–Kier alpha value is -3.08. The number of methoxy groups -OCH3 is 1. The Morgan fingerprint density at radius 2 is 1.85 bits per heavy atom. The molecular weight excluding hydrogens is 340 g/mol. The smallest absolute Gasteiger partial charge is 0.166 e. The highest BCUT2D eigenvalue weighted by Gasteiger charge is 2.18. The molecule has 0 spiro atoms. The lowest BCUT2D eigenvalue weighted by Gasteiger charge is -2.17. The molecule has 1 N–H and O–H groups in total. The van der Waals surface area contributed by atoms with Gasteiger partial charge in [-0.1, -0.05) is 31.2 Å². The largest absolute Gasteiger partial charge is 0.494 e. The molecule has 5 nitrogen and oxygen atoms in total. The van der Waals surface area contributed by atoms with Crippen LogP contribution in [-0.4, -0.2) is 24.5 Å². The number of Topliss-reactive ketones (excluding diaryl/α,β-unsaturated/α-hetero) is 1. The standard InChI is InChI=1S/C22H24N2O3/c1-4-9-18(25)16-14-23-22-15(10-8-13-20(22)26-3)21(16)24-17-11-6-7-12-19(17)27-5-2/h6-8,10-14H,4-5,9H2,1-3H3,(H,23,24). The van der Waals surface area contributed by atoms with Gasteiger partial charge in [0.05, 0.1) is 30.7 Å². The number of hydrogen-bond acceptors (Lipinski definition) is 5. The molecule has 2 aromatic carbocycles. The Bertz CT molecular complexity index is 953. The summed E-state index contributed by atoms with van der Waals surface area (Å²) in [5, 5.41) is 4.25. The monoisotopic (exact) mass is 364 g/mol. The van der Waals surface area contributed by atoms with Crippen molar-refractivity contribution in [2.24, 2.45) is 0 Å². The number of nitrogens with one attached hydrogen (secondary N) is 1. The summed E-state index contributed by atoms with van der Waals surface area (Å²) in [6.45, 7) is 4.50. The fourth-order valence-corrected chi connectivity index (χ4v) is 3.05. The van der Waals surface area contributed by atoms with Crippen LogP contribution in [0.15, 0.2) is 48.7 Å². The molecule has 0 aliphatic carbocycles. The zero-order valence-electron chi connectivity index (χ0n) is 15.9. The van der Waals surface area contributed by atoms with Crippen LogP contribution in [0.2, 0.25) is 0 Å². The van der Waals surface area contributed by atoms with Gasteiger partial charge in [-0.25, -0.2) is 0 Å². The second kappa shape index (κ2) is 8.54. The van der Waals surface area contributed by atoms with Gasteiger partial charge in [0.15, 0.2) is 5.78 Å². The number of ketones is 1. The molecule has 0 radical (unpaired) electrons. The number of ether oxygens (including phenoxy) is 2. The molecule has 1 aromatic heterocycles. The molecule has 0 aliphatic heterocycles. The maximum atomic E-state index is 12.7. The summed E-state index contributed by atoms with van der Waals surface area (Å²) in [6.07, 6.45) is 2.89. The number of benzene rings is 2. The van der Waals surface area contributed by atoms with Crippen LogP contribution in [-0.2, 0) is 0 Å². The van der Waals surface area contributed by atoms with Crippen molar-refractivity contribution < 1.29 is 14.3 Å². The highest BCUT2D eigenvalue weighted by atomic mass is 16.5. The van der Waals surface area contributed by atoms with Crippen LogP contribution in [0, 0.1) is 0 Å². The average Bonchev–Trinajstić information content (AvgIpc) is 2.69. The molecule has 3 rings (SSSR count). The first-order chi connectivity index (χ1) is 13.2. The summed E-state index contributed by atoms with van der Waals surface area (Å²) in [7, 11) is 1.62. The highest BCUT2D eigenvalue weighted by molar-refractivity contribution is 6.10. The van der Waals surface area contributed by atoms with Crippen molar-refractivity contribution >= 4 is 28.1 Å². The maximum Gasteiger partial charge on any atom is 0.166 e. The number of anilines is 2. The van der Waals surface area contributed by atoms with E-state index in [0.29, 0.717) is 29.9 Å². The van der Waals surface area contributed by atoms with Gasteiger partial charge in [0.25, 0.3) is 0 Å². The van der Waals surface area contributed by atoms with Gasteiger partial charge in [0.2, 0.25) is 0 Å². The molecule has 5 heteroatoms. The van der Waals surface area contributed by atoms with Gasteiger partial charge in [0, 0.05) is 18.0 Å². The van der Waals surface area contributed by atoms with Crippen LogP contribution in [0.1, 0.15) is 37.0 Å². The Labute approximate surface area is 159 Å². The molecule has 1 heterocycles. The van der Waals surface area contributed by atoms with Crippen LogP contribution >= 0.6 is 0 Å². The summed E-state index contributed by atoms with van der Waals surface area (Å²) in [5.41, 5.74) is 2.82. The normalized spacial score (nSPS) is 10.6. The number of carbonyl (C=O) groups is 1.